The number of hydrogen-bond acceptors (Lipinski definition) is 20. The Balaban J connectivity index is -0.0000000364. The van der Waals surface area contributed by atoms with Crippen molar-refractivity contribution in [3.05, 3.63) is 0 Å². The molecule has 27 heavy (non-hydrogen) atoms. The van der Waals surface area contributed by atoms with Crippen LogP contribution < -0.4 is 25.5 Å². The van der Waals surface area contributed by atoms with Gasteiger partial charge in [0.1, 0.15) is 0 Å². The van der Waals surface area contributed by atoms with E-state index in [0.717, 1.165) is 0 Å². The largest absolute Gasteiger partial charge is 3.00 e. The Morgan fingerprint density at radius 3 is 0.481 bits per heavy atom. The van der Waals surface area contributed by atoms with E-state index in [4.69, 9.17) is 75.8 Å². The Kier molecular flexibility index (Phi) is 63.2. The molecule has 0 saturated carbocycles. The molecule has 22 heteroatoms. The van der Waals surface area contributed by atoms with Crippen molar-refractivity contribution in [1.82, 2.24) is 0 Å². The summed E-state index contributed by atoms with van der Waals surface area (Å²) in [6.07, 6.45) is -9.70. The summed E-state index contributed by atoms with van der Waals surface area (Å²) in [6.45, 7) is 0. The number of carbonyl (C=O) groups is 5. The van der Waals surface area contributed by atoms with Crippen molar-refractivity contribution in [3.63, 3.8) is 0 Å². The Morgan fingerprint density at radius 1 is 0.444 bits per heavy atom. The van der Waals surface area contributed by atoms with Gasteiger partial charge in [0.05, 0.1) is 0 Å². The Morgan fingerprint density at radius 2 is 0.481 bits per heavy atom. The minimum Gasteiger partial charge on any atom is -0.424 e. The molecule has 0 aliphatic rings. The molecule has 0 atom stereocenters. The van der Waals surface area contributed by atoms with E-state index >= 15 is 0 Å². The van der Waals surface area contributed by atoms with Gasteiger partial charge in [-0.05, 0) is 0 Å². The molecule has 0 aromatic rings. The van der Waals surface area contributed by atoms with Gasteiger partial charge in [0, 0.05) is 0 Å². The first-order valence-electron chi connectivity index (χ1n) is 3.97. The molecule has 0 saturated heterocycles. The second-order valence-corrected chi connectivity index (χ2v) is 1.71. The maximum Gasteiger partial charge on any atom is 3.00 e. The fraction of sp³-hybridized carbons (Fsp3) is 0. The first-order valence-corrected chi connectivity index (χ1v) is 3.97. The summed E-state index contributed by atoms with van der Waals surface area (Å²) in [5.41, 5.74) is 0. The fourth-order valence-electron chi connectivity index (χ4n) is 0. The molecule has 0 rings (SSSR count). The Labute approximate surface area is 168 Å². The zero-order chi connectivity index (χ0) is 21.4. The number of carbonyl (C=O) groups excluding carboxylic acids is 5. The van der Waals surface area contributed by atoms with E-state index in [1.54, 1.807) is 0 Å². The second kappa shape index (κ2) is 38.7. The Bertz CT molecular complexity index is 288. The minimum absolute atomic E-state index is 0. The minimum atomic E-state index is -1.94. The van der Waals surface area contributed by atoms with Crippen LogP contribution in [0.3, 0.4) is 0 Å². The van der Waals surface area contributed by atoms with Gasteiger partial charge in [0.15, 0.2) is 0 Å². The van der Waals surface area contributed by atoms with E-state index in [-0.39, 0.29) is 36.8 Å². The summed E-state index contributed by atoms with van der Waals surface area (Å²) in [7, 11) is 0. The Hall–Kier alpha value is -2.69. The average Bonchev–Trinajstić information content (AvgIpc) is 2.56. The van der Waals surface area contributed by atoms with Crippen LogP contribution in [-0.4, -0.2) is 74.4 Å². The molecule has 0 spiro atoms. The monoisotopic (exact) mass is 476 g/mol. The zero-order valence-electron chi connectivity index (χ0n) is 12.1. The van der Waals surface area contributed by atoms with Gasteiger partial charge < -0.3 is 73.9 Å². The molecule has 0 aliphatic carbocycles. The molecule has 20 nitrogen and oxygen atoms in total. The maximum atomic E-state index is 8.78. The molecule has 0 aliphatic heterocycles. The van der Waals surface area contributed by atoms with E-state index in [9.17, 15) is 0 Å². The quantitative estimate of drug-likeness (QED) is 0.0936. The van der Waals surface area contributed by atoms with Gasteiger partial charge in [0.25, 0.3) is 30.8 Å². The molecule has 0 fully saturated rings. The van der Waals surface area contributed by atoms with E-state index in [1.807, 2.05) is 0 Å². The molecular formula is C5H5AlO20Zn. The second-order valence-electron chi connectivity index (χ2n) is 1.71. The fourth-order valence-corrected chi connectivity index (χ4v) is 0. The van der Waals surface area contributed by atoms with Crippen molar-refractivity contribution in [1.29, 1.82) is 0 Å². The summed E-state index contributed by atoms with van der Waals surface area (Å²) in [5, 5.41) is 78.8. The van der Waals surface area contributed by atoms with Crippen molar-refractivity contribution in [2.75, 3.05) is 0 Å². The summed E-state index contributed by atoms with van der Waals surface area (Å²) < 4.78 is 0. The van der Waals surface area contributed by atoms with Crippen molar-refractivity contribution >= 4 is 48.1 Å². The van der Waals surface area contributed by atoms with Crippen LogP contribution in [0.15, 0.2) is 0 Å². The van der Waals surface area contributed by atoms with Gasteiger partial charge in [-0.3, -0.25) is 26.3 Å². The molecule has 0 bridgehead atoms. The third-order valence-corrected chi connectivity index (χ3v) is 0.373. The molecule has 0 unspecified atom stereocenters. The number of rotatable bonds is 0. The third kappa shape index (κ3) is 198. The van der Waals surface area contributed by atoms with Crippen molar-refractivity contribution in [3.8, 4) is 0 Å². The predicted octanol–water partition coefficient (Wildman–Crippen LogP) is -6.29. The van der Waals surface area contributed by atoms with Crippen LogP contribution in [-0.2, 0) is 43.9 Å². The van der Waals surface area contributed by atoms with Crippen LogP contribution in [0.25, 0.3) is 0 Å². The standard InChI is InChI=1S/5CH2O4.Al.Zn/c5*2-1(3)5-4;;/h5*4H,(H,2,3);;/q;;;;;+3;+2/p-5. The predicted molar refractivity (Wildman–Crippen MR) is 51.3 cm³/mol. The first kappa shape index (κ1) is 44.1. The molecule has 0 amide bonds. The molecule has 0 radical (unpaired) electrons. The zero-order valence-corrected chi connectivity index (χ0v) is 16.3. The van der Waals surface area contributed by atoms with Crippen molar-refractivity contribution in [2.24, 2.45) is 0 Å². The van der Waals surface area contributed by atoms with Gasteiger partial charge in [-0.15, -0.1) is 0 Å². The maximum absolute atomic E-state index is 8.78. The van der Waals surface area contributed by atoms with E-state index in [1.165, 1.54) is 0 Å². The SMILES string of the molecule is O=C([O-])OO.O=C([O-])OO.O=C([O-])OO.O=C([O-])OO.O=C([O-])OO.[Al+3].[Zn+2]. The van der Waals surface area contributed by atoms with Gasteiger partial charge in [0.2, 0.25) is 0 Å². The molecule has 0 heterocycles. The van der Waals surface area contributed by atoms with Crippen LogP contribution in [0.5, 0.6) is 0 Å². The molecule has 5 N–H and O–H groups in total. The normalized spacial score (nSPS) is 6.11. The summed E-state index contributed by atoms with van der Waals surface area (Å²) in [6, 6.07) is 0. The van der Waals surface area contributed by atoms with Crippen LogP contribution >= 0.6 is 0 Å². The smallest absolute Gasteiger partial charge is 0.424 e. The summed E-state index contributed by atoms with van der Waals surface area (Å²) >= 11 is 0. The topological polar surface area (TPSA) is 348 Å². The van der Waals surface area contributed by atoms with Gasteiger partial charge >= 0.3 is 36.8 Å². The van der Waals surface area contributed by atoms with Gasteiger partial charge in [-0.1, -0.05) is 0 Å². The van der Waals surface area contributed by atoms with Crippen LogP contribution in [0, 0.1) is 0 Å². The van der Waals surface area contributed by atoms with Crippen LogP contribution in [0.1, 0.15) is 0 Å². The van der Waals surface area contributed by atoms with Crippen LogP contribution in [0.2, 0.25) is 0 Å². The number of carboxylic acid groups (broad SMARTS) is 5. The van der Waals surface area contributed by atoms with E-state index in [2.05, 4.69) is 24.4 Å². The van der Waals surface area contributed by atoms with Crippen molar-refractivity contribution in [2.45, 2.75) is 0 Å². The van der Waals surface area contributed by atoms with Crippen molar-refractivity contribution < 1.29 is 120 Å². The molecule has 0 aromatic carbocycles. The molecule has 150 valence electrons. The molecular weight excluding hydrogens is 472 g/mol. The van der Waals surface area contributed by atoms with Crippen LogP contribution in [0.4, 0.5) is 24.0 Å². The first-order chi connectivity index (χ1) is 11.4. The third-order valence-electron chi connectivity index (χ3n) is 0.373. The average molecular weight is 477 g/mol. The van der Waals surface area contributed by atoms with E-state index in [0.29, 0.717) is 0 Å². The summed E-state index contributed by atoms with van der Waals surface area (Å²) in [5.74, 6) is 0. The number of hydrogen-bond donors (Lipinski definition) is 5. The summed E-state index contributed by atoms with van der Waals surface area (Å²) in [4.78, 5) is 56.7. The van der Waals surface area contributed by atoms with Gasteiger partial charge in [-0.25, -0.2) is 0 Å². The molecule has 0 aromatic heterocycles. The van der Waals surface area contributed by atoms with E-state index < -0.39 is 30.8 Å². The van der Waals surface area contributed by atoms with Gasteiger partial charge in [-0.2, -0.15) is 0 Å².